The number of carbonyl (C=O) groups is 2. The lowest BCUT2D eigenvalue weighted by atomic mass is 9.94. The van der Waals surface area contributed by atoms with Gasteiger partial charge < -0.3 is 10.2 Å². The Morgan fingerprint density at radius 3 is 2.45 bits per heavy atom. The average molecular weight is 393 g/mol. The first-order chi connectivity index (χ1) is 13.6. The van der Waals surface area contributed by atoms with E-state index in [0.29, 0.717) is 17.8 Å². The van der Waals surface area contributed by atoms with E-state index >= 15 is 0 Å². The van der Waals surface area contributed by atoms with Crippen LogP contribution in [0.4, 0.5) is 17.1 Å². The minimum Gasteiger partial charge on any atom is -0.322 e. The number of nitro benzene ring substituents is 1. The Hall–Kier alpha value is -3.48. The van der Waals surface area contributed by atoms with Gasteiger partial charge in [-0.15, -0.1) is 0 Å². The summed E-state index contributed by atoms with van der Waals surface area (Å²) in [5.41, 5.74) is 2.73. The molecular weight excluding hydrogens is 370 g/mol. The van der Waals surface area contributed by atoms with E-state index in [2.05, 4.69) is 5.32 Å². The van der Waals surface area contributed by atoms with Crippen LogP contribution in [0.5, 0.6) is 0 Å². The Balaban J connectivity index is 1.70. The molecule has 2 aromatic rings. The van der Waals surface area contributed by atoms with Crippen molar-refractivity contribution in [1.82, 2.24) is 0 Å². The van der Waals surface area contributed by atoms with Gasteiger partial charge in [-0.2, -0.15) is 0 Å². The lowest BCUT2D eigenvalue weighted by Crippen LogP contribution is -2.38. The summed E-state index contributed by atoms with van der Waals surface area (Å²) in [5.74, 6) is -0.271. The summed E-state index contributed by atoms with van der Waals surface area (Å²) in [6, 6.07) is 11.5. The predicted octanol–water partition coefficient (Wildman–Crippen LogP) is 4.18. The first kappa shape index (κ1) is 20.3. The second-order valence-electron chi connectivity index (χ2n) is 7.97. The number of non-ortho nitro benzene ring substituents is 1. The Kier molecular flexibility index (Phi) is 5.50. The van der Waals surface area contributed by atoms with Crippen LogP contribution in [0.3, 0.4) is 0 Å². The molecule has 0 atom stereocenters. The lowest BCUT2D eigenvalue weighted by Gasteiger charge is -2.26. The molecule has 0 unspecified atom stereocenters. The maximum absolute atomic E-state index is 12.7. The third kappa shape index (κ3) is 4.68. The van der Waals surface area contributed by atoms with Crippen LogP contribution >= 0.6 is 0 Å². The molecule has 3 rings (SSSR count). The molecule has 0 radical (unpaired) electrons. The minimum absolute atomic E-state index is 0.000833. The molecule has 150 valence electrons. The Labute approximate surface area is 169 Å². The lowest BCUT2D eigenvalue weighted by molar-refractivity contribution is -0.384. The molecule has 0 aliphatic carbocycles. The highest BCUT2D eigenvalue weighted by Gasteiger charge is 2.32. The van der Waals surface area contributed by atoms with Crippen molar-refractivity contribution in [2.75, 3.05) is 16.8 Å². The molecule has 0 aromatic heterocycles. The van der Waals surface area contributed by atoms with Crippen molar-refractivity contribution in [2.24, 2.45) is 5.41 Å². The van der Waals surface area contributed by atoms with Gasteiger partial charge in [0.1, 0.15) is 0 Å². The molecular formula is C22H23N3O4. The summed E-state index contributed by atoms with van der Waals surface area (Å²) < 4.78 is 0. The van der Waals surface area contributed by atoms with Gasteiger partial charge in [-0.3, -0.25) is 19.7 Å². The normalized spacial score (nSPS) is 13.4. The van der Waals surface area contributed by atoms with Crippen molar-refractivity contribution < 1.29 is 14.5 Å². The van der Waals surface area contributed by atoms with Crippen LogP contribution in [0.25, 0.3) is 6.08 Å². The second-order valence-corrected chi connectivity index (χ2v) is 7.97. The van der Waals surface area contributed by atoms with Gasteiger partial charge in [0.25, 0.3) is 5.69 Å². The summed E-state index contributed by atoms with van der Waals surface area (Å²) in [4.78, 5) is 36.9. The number of hydrogen-bond donors (Lipinski definition) is 1. The zero-order chi connectivity index (χ0) is 21.2. The van der Waals surface area contributed by atoms with Crippen molar-refractivity contribution in [3.63, 3.8) is 0 Å². The summed E-state index contributed by atoms with van der Waals surface area (Å²) in [6.07, 6.45) is 3.75. The fraction of sp³-hybridized carbons (Fsp3) is 0.273. The van der Waals surface area contributed by atoms with Gasteiger partial charge in [-0.05, 0) is 47.9 Å². The van der Waals surface area contributed by atoms with E-state index in [4.69, 9.17) is 0 Å². The van der Waals surface area contributed by atoms with E-state index in [0.717, 1.165) is 17.7 Å². The molecule has 2 amide bonds. The summed E-state index contributed by atoms with van der Waals surface area (Å²) >= 11 is 0. The zero-order valence-corrected chi connectivity index (χ0v) is 16.6. The van der Waals surface area contributed by atoms with Crippen molar-refractivity contribution in [1.29, 1.82) is 0 Å². The van der Waals surface area contributed by atoms with Crippen LogP contribution in [-0.4, -0.2) is 23.3 Å². The fourth-order valence-electron chi connectivity index (χ4n) is 3.14. The summed E-state index contributed by atoms with van der Waals surface area (Å²) in [6.45, 7) is 6.31. The maximum Gasteiger partial charge on any atom is 0.269 e. The van der Waals surface area contributed by atoms with Gasteiger partial charge in [-0.25, -0.2) is 0 Å². The number of nitrogens with zero attached hydrogens (tertiary/aromatic N) is 2. The molecule has 1 N–H and O–H groups in total. The van der Waals surface area contributed by atoms with Crippen molar-refractivity contribution >= 4 is 35.0 Å². The van der Waals surface area contributed by atoms with Crippen LogP contribution in [0.1, 0.15) is 31.9 Å². The van der Waals surface area contributed by atoms with E-state index in [1.54, 1.807) is 23.1 Å². The number of carbonyl (C=O) groups excluding carboxylic acids is 2. The molecule has 0 saturated carbocycles. The van der Waals surface area contributed by atoms with E-state index in [1.807, 2.05) is 39.0 Å². The first-order valence-corrected chi connectivity index (χ1v) is 9.33. The second kappa shape index (κ2) is 7.87. The highest BCUT2D eigenvalue weighted by atomic mass is 16.6. The van der Waals surface area contributed by atoms with E-state index in [9.17, 15) is 19.7 Å². The molecule has 0 saturated heterocycles. The Morgan fingerprint density at radius 1 is 1.14 bits per heavy atom. The standard InChI is InChI=1S/C22H23N3O4/c1-22(2,3)21(27)24-13-12-16-7-8-17(14-19(16)24)23-20(26)11-6-15-4-9-18(10-5-15)25(28)29/h4-11,14H,12-13H2,1-3H3,(H,23,26)/b11-6+. The van der Waals surface area contributed by atoms with Crippen molar-refractivity contribution in [2.45, 2.75) is 27.2 Å². The number of nitrogens with one attached hydrogen (secondary N) is 1. The highest BCUT2D eigenvalue weighted by Crippen LogP contribution is 2.34. The van der Waals surface area contributed by atoms with Crippen LogP contribution in [0.15, 0.2) is 48.5 Å². The molecule has 29 heavy (non-hydrogen) atoms. The third-order valence-electron chi connectivity index (χ3n) is 4.67. The maximum atomic E-state index is 12.7. The number of nitro groups is 1. The van der Waals surface area contributed by atoms with Crippen molar-refractivity contribution in [3.8, 4) is 0 Å². The van der Waals surface area contributed by atoms with Gasteiger partial charge in [0.05, 0.1) is 4.92 Å². The number of hydrogen-bond acceptors (Lipinski definition) is 4. The number of amides is 2. The summed E-state index contributed by atoms with van der Waals surface area (Å²) in [5, 5.41) is 13.5. The van der Waals surface area contributed by atoms with E-state index in [1.165, 1.54) is 18.2 Å². The van der Waals surface area contributed by atoms with Crippen molar-refractivity contribution in [3.05, 3.63) is 69.8 Å². The largest absolute Gasteiger partial charge is 0.322 e. The quantitative estimate of drug-likeness (QED) is 0.479. The molecule has 1 aliphatic rings. The molecule has 0 bridgehead atoms. The molecule has 7 heteroatoms. The van der Waals surface area contributed by atoms with Gasteiger partial charge in [0, 0.05) is 41.5 Å². The monoisotopic (exact) mass is 393 g/mol. The topological polar surface area (TPSA) is 92.6 Å². The average Bonchev–Trinajstić information content (AvgIpc) is 3.08. The number of benzene rings is 2. The molecule has 1 aliphatic heterocycles. The molecule has 7 nitrogen and oxygen atoms in total. The fourth-order valence-corrected chi connectivity index (χ4v) is 3.14. The number of fused-ring (bicyclic) bond motifs is 1. The Morgan fingerprint density at radius 2 is 1.83 bits per heavy atom. The molecule has 1 heterocycles. The minimum atomic E-state index is -0.478. The molecule has 0 spiro atoms. The number of anilines is 2. The predicted molar refractivity (Wildman–Crippen MR) is 113 cm³/mol. The van der Waals surface area contributed by atoms with Crippen LogP contribution in [0, 0.1) is 15.5 Å². The summed E-state index contributed by atoms with van der Waals surface area (Å²) in [7, 11) is 0. The van der Waals surface area contributed by atoms with Crippen LogP contribution in [0.2, 0.25) is 0 Å². The first-order valence-electron chi connectivity index (χ1n) is 9.33. The zero-order valence-electron chi connectivity index (χ0n) is 16.6. The smallest absolute Gasteiger partial charge is 0.269 e. The van der Waals surface area contributed by atoms with E-state index < -0.39 is 10.3 Å². The molecule has 2 aromatic carbocycles. The van der Waals surface area contributed by atoms with Gasteiger partial charge in [0.2, 0.25) is 11.8 Å². The van der Waals surface area contributed by atoms with Gasteiger partial charge >= 0.3 is 0 Å². The third-order valence-corrected chi connectivity index (χ3v) is 4.67. The van der Waals surface area contributed by atoms with E-state index in [-0.39, 0.29) is 17.5 Å². The molecule has 0 fully saturated rings. The SMILES string of the molecule is CC(C)(C)C(=O)N1CCc2ccc(NC(=O)/C=C/c3ccc([N+](=O)[O-])cc3)cc21. The van der Waals surface area contributed by atoms with Gasteiger partial charge in [-0.1, -0.05) is 26.8 Å². The van der Waals surface area contributed by atoms with Crippen LogP contribution in [-0.2, 0) is 16.0 Å². The number of rotatable bonds is 4. The van der Waals surface area contributed by atoms with Gasteiger partial charge in [0.15, 0.2) is 0 Å². The van der Waals surface area contributed by atoms with Crippen LogP contribution < -0.4 is 10.2 Å². The highest BCUT2D eigenvalue weighted by molar-refractivity contribution is 6.03. The Bertz CT molecular complexity index is 988.